The Labute approximate surface area is 155 Å². The number of hydrogen-bond donors (Lipinski definition) is 2. The third-order valence-corrected chi connectivity index (χ3v) is 4.33. The Balaban J connectivity index is 1.75. The lowest BCUT2D eigenvalue weighted by molar-refractivity contribution is -0.135. The van der Waals surface area contributed by atoms with Gasteiger partial charge in [-0.2, -0.15) is 0 Å². The van der Waals surface area contributed by atoms with E-state index in [2.05, 4.69) is 17.7 Å². The van der Waals surface area contributed by atoms with Gasteiger partial charge in [0.15, 0.2) is 0 Å². The molecule has 0 aromatic heterocycles. The summed E-state index contributed by atoms with van der Waals surface area (Å²) in [7, 11) is 0. The van der Waals surface area contributed by atoms with Gasteiger partial charge in [0.1, 0.15) is 5.60 Å². The molecule has 26 heavy (non-hydrogen) atoms. The van der Waals surface area contributed by atoms with Gasteiger partial charge in [-0.05, 0) is 44.6 Å². The molecule has 1 fully saturated rings. The summed E-state index contributed by atoms with van der Waals surface area (Å²) in [4.78, 5) is 29.4. The normalized spacial score (nSPS) is 21.8. The Morgan fingerprint density at radius 1 is 1.12 bits per heavy atom. The van der Waals surface area contributed by atoms with Crippen molar-refractivity contribution in [1.29, 1.82) is 0 Å². The number of alkyl carbamates (subject to hydrolysis) is 1. The average Bonchev–Trinajstić information content (AvgIpc) is 3.17. The molecule has 0 bridgehead atoms. The van der Waals surface area contributed by atoms with Crippen LogP contribution in [-0.2, 0) is 21.0 Å². The predicted octanol–water partition coefficient (Wildman–Crippen LogP) is 3.56. The summed E-state index contributed by atoms with van der Waals surface area (Å²) in [6.45, 7) is 7.92. The number of rotatable bonds is 8. The Morgan fingerprint density at radius 2 is 1.81 bits per heavy atom. The third-order valence-electron chi connectivity index (χ3n) is 4.33. The lowest BCUT2D eigenvalue weighted by Gasteiger charge is -2.19. The fraction of sp³-hybridized carbons (Fsp3) is 0.600. The highest BCUT2D eigenvalue weighted by molar-refractivity contribution is 5.76. The molecular weight excluding hydrogens is 332 g/mol. The van der Waals surface area contributed by atoms with E-state index >= 15 is 0 Å². The minimum absolute atomic E-state index is 0.00956. The van der Waals surface area contributed by atoms with Crippen molar-refractivity contribution in [3.05, 3.63) is 35.9 Å². The van der Waals surface area contributed by atoms with E-state index in [1.165, 1.54) is 0 Å². The van der Waals surface area contributed by atoms with E-state index in [9.17, 15) is 9.59 Å². The number of hydrogen-bond acceptors (Lipinski definition) is 4. The molecule has 0 radical (unpaired) electrons. The number of carbonyl (C=O) groups excluding carboxylic acids is 2. The van der Waals surface area contributed by atoms with Crippen LogP contribution in [0.25, 0.3) is 0 Å². The zero-order valence-electron chi connectivity index (χ0n) is 16.1. The first-order valence-electron chi connectivity index (χ1n) is 9.24. The first-order valence-corrected chi connectivity index (χ1v) is 9.24. The zero-order valence-corrected chi connectivity index (χ0v) is 16.1. The molecule has 0 saturated heterocycles. The van der Waals surface area contributed by atoms with Gasteiger partial charge in [-0.25, -0.2) is 10.3 Å². The fourth-order valence-electron chi connectivity index (χ4n) is 3.14. The predicted molar refractivity (Wildman–Crippen MR) is 99.0 cm³/mol. The second-order valence-corrected chi connectivity index (χ2v) is 7.79. The van der Waals surface area contributed by atoms with Crippen molar-refractivity contribution < 1.29 is 19.2 Å². The van der Waals surface area contributed by atoms with Gasteiger partial charge in [0.2, 0.25) is 5.91 Å². The second-order valence-electron chi connectivity index (χ2n) is 7.79. The van der Waals surface area contributed by atoms with Gasteiger partial charge in [0.25, 0.3) is 0 Å². The number of hydroxylamine groups is 1. The molecule has 144 valence electrons. The molecule has 0 aliphatic heterocycles. The molecule has 2 rings (SSSR count). The third kappa shape index (κ3) is 6.67. The van der Waals surface area contributed by atoms with Gasteiger partial charge in [-0.3, -0.25) is 9.63 Å². The van der Waals surface area contributed by atoms with Crippen molar-refractivity contribution in [3.63, 3.8) is 0 Å². The van der Waals surface area contributed by atoms with Crippen molar-refractivity contribution in [2.45, 2.75) is 65.2 Å². The number of amides is 2. The van der Waals surface area contributed by atoms with E-state index in [-0.39, 0.29) is 17.9 Å². The van der Waals surface area contributed by atoms with Crippen LogP contribution >= 0.6 is 0 Å². The van der Waals surface area contributed by atoms with E-state index in [0.29, 0.717) is 18.9 Å². The Kier molecular flexibility index (Phi) is 7.03. The van der Waals surface area contributed by atoms with Crippen LogP contribution in [0.1, 0.15) is 52.5 Å². The standard InChI is InChI=1S/C20H30N2O4/c1-5-9-15-16(18(15)21-19(24)26-20(2,3)4)12-17(23)22-25-13-14-10-7-6-8-11-14/h6-8,10-11,15-16,18H,5,9,12-13H2,1-4H3,(H,21,24)(H,22,23)/t15-,16-,18-/m0/s1. The van der Waals surface area contributed by atoms with E-state index in [4.69, 9.17) is 9.57 Å². The highest BCUT2D eigenvalue weighted by Crippen LogP contribution is 2.45. The molecule has 0 heterocycles. The lowest BCUT2D eigenvalue weighted by atomic mass is 10.1. The summed E-state index contributed by atoms with van der Waals surface area (Å²) in [5.74, 6) is 0.274. The maximum Gasteiger partial charge on any atom is 0.407 e. The molecule has 0 unspecified atom stereocenters. The fourth-order valence-corrected chi connectivity index (χ4v) is 3.14. The quantitative estimate of drug-likeness (QED) is 0.693. The summed E-state index contributed by atoms with van der Waals surface area (Å²) in [6.07, 6.45) is 1.90. The highest BCUT2D eigenvalue weighted by Gasteiger charge is 2.51. The molecule has 6 nitrogen and oxygen atoms in total. The van der Waals surface area contributed by atoms with Crippen molar-refractivity contribution in [3.8, 4) is 0 Å². The SMILES string of the molecule is CCC[C@H]1[C@H](CC(=O)NOCc2ccccc2)[C@H]1NC(=O)OC(C)(C)C. The number of ether oxygens (including phenoxy) is 1. The molecule has 3 atom stereocenters. The Morgan fingerprint density at radius 3 is 2.42 bits per heavy atom. The molecule has 6 heteroatoms. The summed E-state index contributed by atoms with van der Waals surface area (Å²) >= 11 is 0. The maximum absolute atomic E-state index is 12.1. The monoisotopic (exact) mass is 362 g/mol. The Bertz CT molecular complexity index is 598. The average molecular weight is 362 g/mol. The molecule has 1 saturated carbocycles. The van der Waals surface area contributed by atoms with Crippen LogP contribution in [0.2, 0.25) is 0 Å². The van der Waals surface area contributed by atoms with Crippen molar-refractivity contribution >= 4 is 12.0 Å². The first kappa shape index (κ1) is 20.2. The van der Waals surface area contributed by atoms with Gasteiger partial charge in [0.05, 0.1) is 6.61 Å². The topological polar surface area (TPSA) is 76.7 Å². The lowest BCUT2D eigenvalue weighted by Crippen LogP contribution is -2.35. The van der Waals surface area contributed by atoms with Crippen LogP contribution in [0.15, 0.2) is 30.3 Å². The van der Waals surface area contributed by atoms with E-state index in [0.717, 1.165) is 18.4 Å². The van der Waals surface area contributed by atoms with Crippen LogP contribution in [0.5, 0.6) is 0 Å². The van der Waals surface area contributed by atoms with Crippen LogP contribution in [0.4, 0.5) is 4.79 Å². The van der Waals surface area contributed by atoms with Crippen molar-refractivity contribution in [2.75, 3.05) is 0 Å². The van der Waals surface area contributed by atoms with Crippen LogP contribution in [-0.4, -0.2) is 23.6 Å². The van der Waals surface area contributed by atoms with E-state index in [1.54, 1.807) is 0 Å². The molecular formula is C20H30N2O4. The largest absolute Gasteiger partial charge is 0.444 e. The summed E-state index contributed by atoms with van der Waals surface area (Å²) < 4.78 is 5.31. The number of carbonyl (C=O) groups is 2. The molecule has 1 aromatic carbocycles. The van der Waals surface area contributed by atoms with Crippen molar-refractivity contribution in [2.24, 2.45) is 11.8 Å². The molecule has 1 aliphatic carbocycles. The summed E-state index contributed by atoms with van der Waals surface area (Å²) in [5, 5.41) is 2.90. The smallest absolute Gasteiger partial charge is 0.407 e. The Hall–Kier alpha value is -2.08. The highest BCUT2D eigenvalue weighted by atomic mass is 16.6. The molecule has 1 aliphatic rings. The second kappa shape index (κ2) is 9.03. The number of benzene rings is 1. The van der Waals surface area contributed by atoms with Crippen LogP contribution in [0.3, 0.4) is 0 Å². The summed E-state index contributed by atoms with van der Waals surface area (Å²) in [6, 6.07) is 9.64. The van der Waals surface area contributed by atoms with Gasteiger partial charge in [-0.1, -0.05) is 43.7 Å². The molecule has 0 spiro atoms. The van der Waals surface area contributed by atoms with Crippen molar-refractivity contribution in [1.82, 2.24) is 10.8 Å². The van der Waals surface area contributed by atoms with E-state index < -0.39 is 11.7 Å². The minimum Gasteiger partial charge on any atom is -0.444 e. The summed E-state index contributed by atoms with van der Waals surface area (Å²) in [5.41, 5.74) is 2.96. The number of nitrogens with one attached hydrogen (secondary N) is 2. The molecule has 2 N–H and O–H groups in total. The first-order chi connectivity index (χ1) is 12.3. The van der Waals surface area contributed by atoms with Gasteiger partial charge < -0.3 is 10.1 Å². The van der Waals surface area contributed by atoms with Gasteiger partial charge >= 0.3 is 6.09 Å². The molecule has 2 amide bonds. The molecule has 1 aromatic rings. The van der Waals surface area contributed by atoms with Crippen LogP contribution in [0, 0.1) is 11.8 Å². The van der Waals surface area contributed by atoms with Gasteiger partial charge in [0, 0.05) is 12.5 Å². The minimum atomic E-state index is -0.530. The maximum atomic E-state index is 12.1. The van der Waals surface area contributed by atoms with Crippen LogP contribution < -0.4 is 10.8 Å². The van der Waals surface area contributed by atoms with Gasteiger partial charge in [-0.15, -0.1) is 0 Å². The zero-order chi connectivity index (χ0) is 19.2. The van der Waals surface area contributed by atoms with E-state index in [1.807, 2.05) is 51.1 Å².